The van der Waals surface area contributed by atoms with Crippen LogP contribution in [0.5, 0.6) is 11.5 Å². The maximum Gasteiger partial charge on any atom is 0.262 e. The molecule has 2 N–H and O–H groups in total. The molecule has 1 atom stereocenters. The number of carbonyl (C=O) groups is 1. The Bertz CT molecular complexity index is 1000. The number of amides is 1. The van der Waals surface area contributed by atoms with Crippen molar-refractivity contribution in [3.63, 3.8) is 0 Å². The van der Waals surface area contributed by atoms with Crippen molar-refractivity contribution in [2.45, 2.75) is 24.3 Å². The lowest BCUT2D eigenvalue weighted by Gasteiger charge is -2.32. The quantitative estimate of drug-likeness (QED) is 0.746. The van der Waals surface area contributed by atoms with Crippen molar-refractivity contribution in [3.05, 3.63) is 42.0 Å². The Morgan fingerprint density at radius 1 is 1.17 bits per heavy atom. The molecule has 29 heavy (non-hydrogen) atoms. The molecule has 1 amide bonds. The zero-order valence-electron chi connectivity index (χ0n) is 16.9. The summed E-state index contributed by atoms with van der Waals surface area (Å²) in [5.74, 6) is 0.923. The summed E-state index contributed by atoms with van der Waals surface area (Å²) >= 11 is 0. The summed E-state index contributed by atoms with van der Waals surface area (Å²) < 4.78 is 39.7. The molecule has 0 saturated carbocycles. The number of likely N-dealkylation sites (N-methyl/N-ethyl adjacent to an activating group) is 1. The summed E-state index contributed by atoms with van der Waals surface area (Å²) in [6.45, 7) is 1.84. The first-order valence-corrected chi connectivity index (χ1v) is 10.6. The number of sulfonamides is 1. The van der Waals surface area contributed by atoms with Crippen LogP contribution < -0.4 is 19.5 Å². The summed E-state index contributed by atoms with van der Waals surface area (Å²) in [5, 5.41) is 2.61. The third-order valence-corrected chi connectivity index (χ3v) is 6.14. The van der Waals surface area contributed by atoms with Crippen LogP contribution in [0.15, 0.2) is 41.3 Å². The second-order valence-electron chi connectivity index (χ2n) is 7.07. The second-order valence-corrected chi connectivity index (χ2v) is 8.75. The Kier molecular flexibility index (Phi) is 5.99. The molecule has 3 rings (SSSR count). The Hall–Kier alpha value is -2.78. The Morgan fingerprint density at radius 3 is 2.45 bits per heavy atom. The number of benzene rings is 2. The molecule has 9 heteroatoms. The van der Waals surface area contributed by atoms with E-state index >= 15 is 0 Å². The van der Waals surface area contributed by atoms with Crippen LogP contribution in [0.2, 0.25) is 0 Å². The van der Waals surface area contributed by atoms with Crippen molar-refractivity contribution in [1.29, 1.82) is 0 Å². The van der Waals surface area contributed by atoms with Crippen molar-refractivity contribution in [1.82, 2.24) is 4.90 Å². The minimum absolute atomic E-state index is 0.0816. The van der Waals surface area contributed by atoms with E-state index in [0.29, 0.717) is 35.9 Å². The second kappa shape index (κ2) is 8.30. The lowest BCUT2D eigenvalue weighted by molar-refractivity contribution is -0.114. The van der Waals surface area contributed by atoms with Crippen LogP contribution in [0.3, 0.4) is 0 Å². The van der Waals surface area contributed by atoms with Crippen molar-refractivity contribution in [3.8, 4) is 11.5 Å². The monoisotopic (exact) mass is 419 g/mol. The van der Waals surface area contributed by atoms with Crippen LogP contribution in [0.1, 0.15) is 12.5 Å². The van der Waals surface area contributed by atoms with Gasteiger partial charge in [0.25, 0.3) is 10.0 Å². The average molecular weight is 420 g/mol. The molecule has 0 saturated heterocycles. The van der Waals surface area contributed by atoms with Gasteiger partial charge in [0.1, 0.15) is 18.1 Å². The number of hydrogen-bond donors (Lipinski definition) is 2. The smallest absolute Gasteiger partial charge is 0.262 e. The van der Waals surface area contributed by atoms with E-state index in [9.17, 15) is 13.2 Å². The van der Waals surface area contributed by atoms with E-state index in [0.717, 1.165) is 5.56 Å². The molecule has 0 aromatic heterocycles. The Morgan fingerprint density at radius 2 is 1.86 bits per heavy atom. The number of nitrogens with one attached hydrogen (secondary N) is 2. The van der Waals surface area contributed by atoms with Crippen LogP contribution in [0.4, 0.5) is 11.4 Å². The molecule has 0 aliphatic carbocycles. The van der Waals surface area contributed by atoms with Gasteiger partial charge in [-0.3, -0.25) is 9.52 Å². The SMILES string of the molecule is COc1ccc(NS(=O)(=O)c2ccc(NC(C)=O)cc2)c2c1C[C@@H](N(C)C)CO2. The first-order valence-electron chi connectivity index (χ1n) is 9.11. The first kappa shape index (κ1) is 20.9. The van der Waals surface area contributed by atoms with Crippen molar-refractivity contribution < 1.29 is 22.7 Å². The third kappa shape index (κ3) is 4.63. The fourth-order valence-electron chi connectivity index (χ4n) is 3.17. The minimum Gasteiger partial charge on any atom is -0.496 e. The predicted molar refractivity (Wildman–Crippen MR) is 111 cm³/mol. The van der Waals surface area contributed by atoms with E-state index in [1.165, 1.54) is 31.2 Å². The Labute approximate surface area is 170 Å². The van der Waals surface area contributed by atoms with Crippen molar-refractivity contribution >= 4 is 27.3 Å². The van der Waals surface area contributed by atoms with E-state index in [1.807, 2.05) is 14.1 Å². The Balaban J connectivity index is 1.90. The van der Waals surface area contributed by atoms with Crippen LogP contribution in [-0.4, -0.2) is 53.1 Å². The molecule has 0 unspecified atom stereocenters. The van der Waals surface area contributed by atoms with Gasteiger partial charge in [0.2, 0.25) is 5.91 Å². The number of hydrogen-bond acceptors (Lipinski definition) is 6. The minimum atomic E-state index is -3.84. The molecule has 2 aromatic carbocycles. The van der Waals surface area contributed by atoms with E-state index in [-0.39, 0.29) is 16.8 Å². The fraction of sp³-hybridized carbons (Fsp3) is 0.350. The number of anilines is 2. The summed E-state index contributed by atoms with van der Waals surface area (Å²) in [5.41, 5.74) is 1.72. The summed E-state index contributed by atoms with van der Waals surface area (Å²) in [4.78, 5) is 13.3. The molecule has 1 aliphatic rings. The van der Waals surface area contributed by atoms with Gasteiger partial charge in [-0.15, -0.1) is 0 Å². The van der Waals surface area contributed by atoms with Gasteiger partial charge in [0.05, 0.1) is 17.7 Å². The van der Waals surface area contributed by atoms with Crippen LogP contribution in [-0.2, 0) is 21.2 Å². The molecule has 0 spiro atoms. The standard InChI is InChI=1S/C20H25N3O5S/c1-13(24)21-14-5-7-16(8-6-14)29(25,26)22-18-9-10-19(27-4)17-11-15(23(2)3)12-28-20(17)18/h5-10,15,22H,11-12H2,1-4H3,(H,21,24)/t15-/m1/s1. The third-order valence-electron chi connectivity index (χ3n) is 4.76. The predicted octanol–water partition coefficient (Wildman–Crippen LogP) is 2.32. The highest BCUT2D eigenvalue weighted by atomic mass is 32.2. The summed E-state index contributed by atoms with van der Waals surface area (Å²) in [7, 11) is 1.69. The number of methoxy groups -OCH3 is 1. The van der Waals surface area contributed by atoms with E-state index < -0.39 is 10.0 Å². The highest BCUT2D eigenvalue weighted by molar-refractivity contribution is 7.92. The molecular weight excluding hydrogens is 394 g/mol. The van der Waals surface area contributed by atoms with E-state index in [1.54, 1.807) is 19.2 Å². The largest absolute Gasteiger partial charge is 0.496 e. The van der Waals surface area contributed by atoms with Crippen LogP contribution in [0.25, 0.3) is 0 Å². The zero-order chi connectivity index (χ0) is 21.2. The molecule has 156 valence electrons. The molecule has 0 fully saturated rings. The fourth-order valence-corrected chi connectivity index (χ4v) is 4.23. The van der Waals surface area contributed by atoms with Gasteiger partial charge in [0.15, 0.2) is 0 Å². The van der Waals surface area contributed by atoms with Gasteiger partial charge < -0.3 is 19.7 Å². The highest BCUT2D eigenvalue weighted by Gasteiger charge is 2.28. The maximum absolute atomic E-state index is 12.9. The topological polar surface area (TPSA) is 97.0 Å². The number of fused-ring (bicyclic) bond motifs is 1. The van der Waals surface area contributed by atoms with Crippen molar-refractivity contribution in [2.75, 3.05) is 37.9 Å². The number of ether oxygens (including phenoxy) is 2. The highest BCUT2D eigenvalue weighted by Crippen LogP contribution is 2.40. The van der Waals surface area contributed by atoms with Gasteiger partial charge in [0, 0.05) is 24.2 Å². The lowest BCUT2D eigenvalue weighted by Crippen LogP contribution is -2.38. The lowest BCUT2D eigenvalue weighted by atomic mass is 10.00. The van der Waals surface area contributed by atoms with Crippen LogP contribution in [0, 0.1) is 0 Å². The van der Waals surface area contributed by atoms with E-state index in [4.69, 9.17) is 9.47 Å². The van der Waals surface area contributed by atoms with Gasteiger partial charge in [-0.2, -0.15) is 0 Å². The van der Waals surface area contributed by atoms with E-state index in [2.05, 4.69) is 14.9 Å². The molecule has 8 nitrogen and oxygen atoms in total. The molecular formula is C20H25N3O5S. The molecule has 0 bridgehead atoms. The molecule has 0 radical (unpaired) electrons. The average Bonchev–Trinajstić information content (AvgIpc) is 2.67. The van der Waals surface area contributed by atoms with Gasteiger partial charge in [-0.05, 0) is 56.9 Å². The normalized spacial score (nSPS) is 16.0. The summed E-state index contributed by atoms with van der Waals surface area (Å²) in [6, 6.07) is 9.49. The van der Waals surface area contributed by atoms with Gasteiger partial charge in [-0.1, -0.05) is 0 Å². The number of carbonyl (C=O) groups excluding carboxylic acids is 1. The number of rotatable bonds is 6. The van der Waals surface area contributed by atoms with Gasteiger partial charge in [-0.25, -0.2) is 8.42 Å². The maximum atomic E-state index is 12.9. The summed E-state index contributed by atoms with van der Waals surface area (Å²) in [6.07, 6.45) is 0.687. The molecule has 2 aromatic rings. The molecule has 1 aliphatic heterocycles. The van der Waals surface area contributed by atoms with Crippen molar-refractivity contribution in [2.24, 2.45) is 0 Å². The zero-order valence-corrected chi connectivity index (χ0v) is 17.7. The van der Waals surface area contributed by atoms with Gasteiger partial charge >= 0.3 is 0 Å². The molecule has 1 heterocycles. The van der Waals surface area contributed by atoms with Crippen LogP contribution >= 0.6 is 0 Å². The first-order chi connectivity index (χ1) is 13.7. The number of nitrogens with zero attached hydrogens (tertiary/aromatic N) is 1.